The van der Waals surface area contributed by atoms with Crippen LogP contribution in [-0.2, 0) is 4.74 Å². The molecule has 2 N–H and O–H groups in total. The molecule has 0 saturated carbocycles. The van der Waals surface area contributed by atoms with Crippen molar-refractivity contribution in [1.29, 1.82) is 0 Å². The second-order valence-electron chi connectivity index (χ2n) is 4.08. The molecule has 0 radical (unpaired) electrons. The number of aliphatic hydroxyl groups is 1. The number of amides is 1. The number of hydrogen-bond donors (Lipinski definition) is 2. The smallest absolute Gasteiger partial charge is 0.251 e. The predicted octanol–water partition coefficient (Wildman–Crippen LogP) is 0.568. The summed E-state index contributed by atoms with van der Waals surface area (Å²) in [7, 11) is 0. The van der Waals surface area contributed by atoms with Crippen LogP contribution in [0.3, 0.4) is 0 Å². The molecular formula is C12H15NO3. The molecule has 16 heavy (non-hydrogen) atoms. The molecule has 0 spiro atoms. The van der Waals surface area contributed by atoms with Gasteiger partial charge in [-0.25, -0.2) is 0 Å². The number of rotatable bonds is 3. The summed E-state index contributed by atoms with van der Waals surface area (Å²) in [5.41, 5.74) is -0.297. The van der Waals surface area contributed by atoms with Gasteiger partial charge in [-0.2, -0.15) is 0 Å². The largest absolute Gasteiger partial charge is 0.386 e. The molecule has 1 amide bonds. The Bertz CT molecular complexity index is 358. The van der Waals surface area contributed by atoms with E-state index in [2.05, 4.69) is 5.32 Å². The third kappa shape index (κ3) is 2.59. The number of carbonyl (C=O) groups excluding carboxylic acids is 1. The molecule has 1 unspecified atom stereocenters. The SMILES string of the molecule is O=C(NCC1(O)CCOC1)c1ccccc1. The molecule has 4 heteroatoms. The molecule has 1 aromatic carbocycles. The van der Waals surface area contributed by atoms with E-state index < -0.39 is 5.60 Å². The van der Waals surface area contributed by atoms with Gasteiger partial charge in [0.1, 0.15) is 5.60 Å². The quantitative estimate of drug-likeness (QED) is 0.784. The Labute approximate surface area is 94.2 Å². The first-order valence-electron chi connectivity index (χ1n) is 5.33. The number of nitrogens with one attached hydrogen (secondary N) is 1. The normalized spacial score (nSPS) is 24.3. The summed E-state index contributed by atoms with van der Waals surface area (Å²) in [6.45, 7) is 1.08. The van der Waals surface area contributed by atoms with Crippen LogP contribution in [0.1, 0.15) is 16.8 Å². The van der Waals surface area contributed by atoms with Crippen LogP contribution in [0.4, 0.5) is 0 Å². The van der Waals surface area contributed by atoms with E-state index in [4.69, 9.17) is 4.74 Å². The third-order valence-corrected chi connectivity index (χ3v) is 2.70. The van der Waals surface area contributed by atoms with Crippen molar-refractivity contribution in [3.8, 4) is 0 Å². The average Bonchev–Trinajstić information content (AvgIpc) is 2.75. The van der Waals surface area contributed by atoms with Gasteiger partial charge >= 0.3 is 0 Å². The first kappa shape index (κ1) is 11.1. The number of benzene rings is 1. The molecule has 1 saturated heterocycles. The van der Waals surface area contributed by atoms with Gasteiger partial charge in [0.15, 0.2) is 0 Å². The summed E-state index contributed by atoms with van der Waals surface area (Å²) in [5.74, 6) is -0.166. The van der Waals surface area contributed by atoms with Gasteiger partial charge in [0.25, 0.3) is 5.91 Å². The summed E-state index contributed by atoms with van der Waals surface area (Å²) < 4.78 is 5.10. The number of hydrogen-bond acceptors (Lipinski definition) is 3. The lowest BCUT2D eigenvalue weighted by Crippen LogP contribution is -2.43. The molecule has 0 bridgehead atoms. The van der Waals surface area contributed by atoms with Crippen LogP contribution in [-0.4, -0.2) is 36.4 Å². The van der Waals surface area contributed by atoms with Crippen molar-refractivity contribution in [2.45, 2.75) is 12.0 Å². The minimum Gasteiger partial charge on any atom is -0.386 e. The first-order valence-corrected chi connectivity index (χ1v) is 5.33. The summed E-state index contributed by atoms with van der Waals surface area (Å²) in [6, 6.07) is 8.95. The van der Waals surface area contributed by atoms with Crippen molar-refractivity contribution in [2.75, 3.05) is 19.8 Å². The first-order chi connectivity index (χ1) is 7.70. The minimum absolute atomic E-state index is 0.166. The Kier molecular flexibility index (Phi) is 3.22. The maximum atomic E-state index is 11.7. The summed E-state index contributed by atoms with van der Waals surface area (Å²) in [6.07, 6.45) is 0.571. The van der Waals surface area contributed by atoms with Crippen LogP contribution in [0.25, 0.3) is 0 Å². The Hall–Kier alpha value is -1.39. The van der Waals surface area contributed by atoms with Crippen LogP contribution in [0.15, 0.2) is 30.3 Å². The lowest BCUT2D eigenvalue weighted by atomic mass is 10.0. The highest BCUT2D eigenvalue weighted by Crippen LogP contribution is 2.17. The van der Waals surface area contributed by atoms with E-state index in [9.17, 15) is 9.90 Å². The number of carbonyl (C=O) groups is 1. The lowest BCUT2D eigenvalue weighted by Gasteiger charge is -2.20. The second kappa shape index (κ2) is 4.63. The predicted molar refractivity (Wildman–Crippen MR) is 59.2 cm³/mol. The Morgan fingerprint density at radius 2 is 2.19 bits per heavy atom. The molecule has 1 atom stereocenters. The highest BCUT2D eigenvalue weighted by atomic mass is 16.5. The Morgan fingerprint density at radius 3 is 2.81 bits per heavy atom. The minimum atomic E-state index is -0.898. The average molecular weight is 221 g/mol. The van der Waals surface area contributed by atoms with E-state index in [1.807, 2.05) is 18.2 Å². The lowest BCUT2D eigenvalue weighted by molar-refractivity contribution is 0.0264. The van der Waals surface area contributed by atoms with Crippen LogP contribution in [0.2, 0.25) is 0 Å². The highest BCUT2D eigenvalue weighted by molar-refractivity contribution is 5.94. The zero-order valence-electron chi connectivity index (χ0n) is 8.98. The maximum absolute atomic E-state index is 11.7. The fourth-order valence-electron chi connectivity index (χ4n) is 1.67. The molecule has 4 nitrogen and oxygen atoms in total. The molecule has 1 heterocycles. The molecule has 1 aromatic rings. The van der Waals surface area contributed by atoms with E-state index in [1.54, 1.807) is 12.1 Å². The fraction of sp³-hybridized carbons (Fsp3) is 0.417. The molecule has 2 rings (SSSR count). The molecule has 1 fully saturated rings. The third-order valence-electron chi connectivity index (χ3n) is 2.70. The maximum Gasteiger partial charge on any atom is 0.251 e. The van der Waals surface area contributed by atoms with Crippen molar-refractivity contribution < 1.29 is 14.6 Å². The van der Waals surface area contributed by atoms with Crippen LogP contribution in [0.5, 0.6) is 0 Å². The molecule has 1 aliphatic heterocycles. The van der Waals surface area contributed by atoms with Crippen molar-refractivity contribution >= 4 is 5.91 Å². The van der Waals surface area contributed by atoms with Gasteiger partial charge in [-0.05, 0) is 12.1 Å². The molecule has 1 aliphatic rings. The molecule has 0 aromatic heterocycles. The van der Waals surface area contributed by atoms with Gasteiger partial charge in [-0.1, -0.05) is 18.2 Å². The van der Waals surface area contributed by atoms with E-state index in [1.165, 1.54) is 0 Å². The zero-order chi connectivity index (χ0) is 11.4. The fourth-order valence-corrected chi connectivity index (χ4v) is 1.67. The topological polar surface area (TPSA) is 58.6 Å². The van der Waals surface area contributed by atoms with Crippen molar-refractivity contribution in [3.05, 3.63) is 35.9 Å². The molecule has 0 aliphatic carbocycles. The second-order valence-corrected chi connectivity index (χ2v) is 4.08. The van der Waals surface area contributed by atoms with Crippen molar-refractivity contribution in [1.82, 2.24) is 5.32 Å². The summed E-state index contributed by atoms with van der Waals surface area (Å²) in [4.78, 5) is 11.7. The summed E-state index contributed by atoms with van der Waals surface area (Å²) >= 11 is 0. The van der Waals surface area contributed by atoms with Crippen LogP contribution >= 0.6 is 0 Å². The summed E-state index contributed by atoms with van der Waals surface area (Å²) in [5, 5.41) is 12.7. The number of ether oxygens (including phenoxy) is 1. The van der Waals surface area contributed by atoms with Crippen LogP contribution in [0, 0.1) is 0 Å². The van der Waals surface area contributed by atoms with Crippen LogP contribution < -0.4 is 5.32 Å². The van der Waals surface area contributed by atoms with E-state index in [-0.39, 0.29) is 12.5 Å². The molecular weight excluding hydrogens is 206 g/mol. The highest BCUT2D eigenvalue weighted by Gasteiger charge is 2.32. The van der Waals surface area contributed by atoms with E-state index >= 15 is 0 Å². The van der Waals surface area contributed by atoms with E-state index in [0.717, 1.165) is 0 Å². The van der Waals surface area contributed by atoms with Gasteiger partial charge in [-0.15, -0.1) is 0 Å². The Balaban J connectivity index is 1.89. The van der Waals surface area contributed by atoms with Gasteiger partial charge in [0, 0.05) is 25.1 Å². The Morgan fingerprint density at radius 1 is 1.44 bits per heavy atom. The standard InChI is InChI=1S/C12H15NO3/c14-11(10-4-2-1-3-5-10)13-8-12(15)6-7-16-9-12/h1-5,15H,6-9H2,(H,13,14). The monoisotopic (exact) mass is 221 g/mol. The zero-order valence-corrected chi connectivity index (χ0v) is 8.98. The van der Waals surface area contributed by atoms with Gasteiger partial charge in [0.2, 0.25) is 0 Å². The molecule has 86 valence electrons. The van der Waals surface area contributed by atoms with Crippen molar-refractivity contribution in [2.24, 2.45) is 0 Å². The van der Waals surface area contributed by atoms with Crippen molar-refractivity contribution in [3.63, 3.8) is 0 Å². The van der Waals surface area contributed by atoms with Gasteiger partial charge < -0.3 is 15.2 Å². The van der Waals surface area contributed by atoms with E-state index in [0.29, 0.717) is 25.2 Å². The van der Waals surface area contributed by atoms with Gasteiger partial charge in [0.05, 0.1) is 6.61 Å². The van der Waals surface area contributed by atoms with Gasteiger partial charge in [-0.3, -0.25) is 4.79 Å².